The van der Waals surface area contributed by atoms with E-state index in [9.17, 15) is 0 Å². The van der Waals surface area contributed by atoms with Crippen LogP contribution in [0.5, 0.6) is 0 Å². The van der Waals surface area contributed by atoms with Crippen molar-refractivity contribution in [2.24, 2.45) is 16.1 Å². The maximum Gasteiger partial charge on any atom is 0.123 e. The van der Waals surface area contributed by atoms with E-state index in [4.69, 9.17) is 5.73 Å². The number of allylic oxidation sites excluding steroid dienone is 3. The largest absolute Gasteiger partial charge is 0.384 e. The summed E-state index contributed by atoms with van der Waals surface area (Å²) >= 11 is 0. The van der Waals surface area contributed by atoms with E-state index in [1.807, 2.05) is 19.1 Å². The molecule has 1 heterocycles. The number of aliphatic imine (C=N–C) groups is 1. The molecule has 60 valence electrons. The zero-order chi connectivity index (χ0) is 8.48. The van der Waals surface area contributed by atoms with Crippen LogP contribution in [0.1, 0.15) is 20.8 Å². The Morgan fingerprint density at radius 1 is 1.45 bits per heavy atom. The van der Waals surface area contributed by atoms with Gasteiger partial charge in [0.2, 0.25) is 0 Å². The minimum atomic E-state index is 0.0393. The minimum Gasteiger partial charge on any atom is -0.384 e. The highest BCUT2D eigenvalue weighted by Crippen LogP contribution is 2.22. The fraction of sp³-hybridized carbons (Fsp3) is 0.444. The number of nitrogens with zero attached hydrogens (tertiary/aromatic N) is 1. The highest BCUT2D eigenvalue weighted by atomic mass is 14.9. The quantitative estimate of drug-likeness (QED) is 0.562. The van der Waals surface area contributed by atoms with Crippen molar-refractivity contribution in [3.63, 3.8) is 0 Å². The molecule has 0 aromatic heterocycles. The van der Waals surface area contributed by atoms with Gasteiger partial charge in [0, 0.05) is 11.1 Å². The van der Waals surface area contributed by atoms with Crippen LogP contribution in [-0.4, -0.2) is 5.71 Å². The minimum absolute atomic E-state index is 0.0393. The summed E-state index contributed by atoms with van der Waals surface area (Å²) in [6, 6.07) is 0. The van der Waals surface area contributed by atoms with Crippen molar-refractivity contribution in [2.45, 2.75) is 20.8 Å². The zero-order valence-corrected chi connectivity index (χ0v) is 7.26. The Kier molecular flexibility index (Phi) is 1.85. The van der Waals surface area contributed by atoms with Crippen molar-refractivity contribution in [1.29, 1.82) is 0 Å². The number of hydrogen-bond acceptors (Lipinski definition) is 2. The molecular formula is C9H14N2. The van der Waals surface area contributed by atoms with Crippen LogP contribution >= 0.6 is 0 Å². The van der Waals surface area contributed by atoms with Crippen molar-refractivity contribution >= 4 is 5.71 Å². The van der Waals surface area contributed by atoms with Gasteiger partial charge in [0.1, 0.15) is 5.82 Å². The van der Waals surface area contributed by atoms with E-state index in [1.165, 1.54) is 0 Å². The van der Waals surface area contributed by atoms with Crippen LogP contribution in [0.4, 0.5) is 0 Å². The predicted molar refractivity (Wildman–Crippen MR) is 48.3 cm³/mol. The molecule has 1 aliphatic rings. The summed E-state index contributed by atoms with van der Waals surface area (Å²) in [5, 5.41) is 0. The third-order valence-corrected chi connectivity index (χ3v) is 2.01. The standard InChI is InChI=1S/C9H14N2/c1-7-9(2,3)6-4-5-8(10)11-7/h4-6H,10H2,1-3H3. The molecule has 0 aromatic rings. The van der Waals surface area contributed by atoms with Crippen molar-refractivity contribution in [3.05, 3.63) is 24.0 Å². The lowest BCUT2D eigenvalue weighted by molar-refractivity contribution is 0.673. The van der Waals surface area contributed by atoms with Crippen LogP contribution in [0, 0.1) is 5.41 Å². The number of rotatable bonds is 0. The van der Waals surface area contributed by atoms with Gasteiger partial charge in [0.25, 0.3) is 0 Å². The predicted octanol–water partition coefficient (Wildman–Crippen LogP) is 1.84. The third kappa shape index (κ3) is 1.70. The van der Waals surface area contributed by atoms with Gasteiger partial charge in [-0.3, -0.25) is 0 Å². The van der Waals surface area contributed by atoms with Gasteiger partial charge >= 0.3 is 0 Å². The maximum absolute atomic E-state index is 5.57. The molecule has 0 atom stereocenters. The highest BCUT2D eigenvalue weighted by Gasteiger charge is 2.18. The molecule has 2 nitrogen and oxygen atoms in total. The number of hydrogen-bond donors (Lipinski definition) is 1. The van der Waals surface area contributed by atoms with Gasteiger partial charge in [-0.2, -0.15) is 0 Å². The molecule has 0 aliphatic carbocycles. The molecule has 0 radical (unpaired) electrons. The summed E-state index contributed by atoms with van der Waals surface area (Å²) in [5.74, 6) is 0.587. The third-order valence-electron chi connectivity index (χ3n) is 2.01. The highest BCUT2D eigenvalue weighted by molar-refractivity contribution is 5.90. The summed E-state index contributed by atoms with van der Waals surface area (Å²) in [5.41, 5.74) is 6.66. The molecule has 11 heavy (non-hydrogen) atoms. The van der Waals surface area contributed by atoms with Gasteiger partial charge < -0.3 is 5.73 Å². The first-order valence-corrected chi connectivity index (χ1v) is 3.73. The second-order valence-corrected chi connectivity index (χ2v) is 3.37. The van der Waals surface area contributed by atoms with Crippen molar-refractivity contribution in [2.75, 3.05) is 0 Å². The molecule has 0 bridgehead atoms. The van der Waals surface area contributed by atoms with Crippen LogP contribution in [0.15, 0.2) is 29.0 Å². The summed E-state index contributed by atoms with van der Waals surface area (Å²) in [7, 11) is 0. The van der Waals surface area contributed by atoms with E-state index < -0.39 is 0 Å². The van der Waals surface area contributed by atoms with Gasteiger partial charge in [0.15, 0.2) is 0 Å². The van der Waals surface area contributed by atoms with E-state index in [0.717, 1.165) is 5.71 Å². The van der Waals surface area contributed by atoms with Crippen LogP contribution in [-0.2, 0) is 0 Å². The lowest BCUT2D eigenvalue weighted by Gasteiger charge is -2.18. The second kappa shape index (κ2) is 2.53. The Hall–Kier alpha value is -1.05. The lowest BCUT2D eigenvalue weighted by atomic mass is 9.88. The molecule has 0 fully saturated rings. The SMILES string of the molecule is CC1=NC(N)=CC=CC1(C)C. The zero-order valence-electron chi connectivity index (χ0n) is 7.26. The average Bonchev–Trinajstić information content (AvgIpc) is 1.94. The van der Waals surface area contributed by atoms with Crippen molar-refractivity contribution in [3.8, 4) is 0 Å². The smallest absolute Gasteiger partial charge is 0.123 e. The molecule has 0 saturated heterocycles. The lowest BCUT2D eigenvalue weighted by Crippen LogP contribution is -2.18. The van der Waals surface area contributed by atoms with E-state index in [1.54, 1.807) is 0 Å². The van der Waals surface area contributed by atoms with Crippen LogP contribution in [0.25, 0.3) is 0 Å². The van der Waals surface area contributed by atoms with E-state index >= 15 is 0 Å². The fourth-order valence-corrected chi connectivity index (χ4v) is 0.883. The van der Waals surface area contributed by atoms with Gasteiger partial charge in [-0.25, -0.2) is 4.99 Å². The Balaban J connectivity index is 3.05. The first kappa shape index (κ1) is 8.05. The Labute approximate surface area is 67.5 Å². The molecule has 0 amide bonds. The van der Waals surface area contributed by atoms with Gasteiger partial charge in [-0.05, 0) is 13.0 Å². The van der Waals surface area contributed by atoms with E-state index in [0.29, 0.717) is 5.82 Å². The van der Waals surface area contributed by atoms with Crippen LogP contribution in [0.2, 0.25) is 0 Å². The van der Waals surface area contributed by atoms with Crippen LogP contribution in [0.3, 0.4) is 0 Å². The first-order chi connectivity index (χ1) is 5.02. The van der Waals surface area contributed by atoms with Crippen molar-refractivity contribution in [1.82, 2.24) is 0 Å². The topological polar surface area (TPSA) is 38.4 Å². The fourth-order valence-electron chi connectivity index (χ4n) is 0.883. The summed E-state index contributed by atoms with van der Waals surface area (Å²) in [6.07, 6.45) is 5.87. The van der Waals surface area contributed by atoms with Gasteiger partial charge in [-0.1, -0.05) is 26.0 Å². The van der Waals surface area contributed by atoms with Crippen LogP contribution < -0.4 is 5.73 Å². The molecule has 2 heteroatoms. The molecule has 0 spiro atoms. The monoisotopic (exact) mass is 150 g/mol. The molecule has 1 aliphatic heterocycles. The molecule has 0 saturated carbocycles. The number of nitrogens with two attached hydrogens (primary N) is 1. The van der Waals surface area contributed by atoms with E-state index in [-0.39, 0.29) is 5.41 Å². The molecule has 0 unspecified atom stereocenters. The molecule has 0 aromatic carbocycles. The maximum atomic E-state index is 5.57. The second-order valence-electron chi connectivity index (χ2n) is 3.37. The molecular weight excluding hydrogens is 136 g/mol. The average molecular weight is 150 g/mol. The Morgan fingerprint density at radius 2 is 2.09 bits per heavy atom. The van der Waals surface area contributed by atoms with Crippen molar-refractivity contribution < 1.29 is 0 Å². The van der Waals surface area contributed by atoms with Gasteiger partial charge in [0.05, 0.1) is 0 Å². The van der Waals surface area contributed by atoms with Gasteiger partial charge in [-0.15, -0.1) is 0 Å². The molecule has 1 rings (SSSR count). The first-order valence-electron chi connectivity index (χ1n) is 3.73. The molecule has 2 N–H and O–H groups in total. The Bertz CT molecular complexity index is 244. The Morgan fingerprint density at radius 3 is 2.73 bits per heavy atom. The normalized spacial score (nSPS) is 22.1. The summed E-state index contributed by atoms with van der Waals surface area (Å²) < 4.78 is 0. The van der Waals surface area contributed by atoms with E-state index in [2.05, 4.69) is 24.9 Å². The summed E-state index contributed by atoms with van der Waals surface area (Å²) in [4.78, 5) is 4.22. The summed E-state index contributed by atoms with van der Waals surface area (Å²) in [6.45, 7) is 6.24.